The maximum absolute atomic E-state index is 13.2. The predicted molar refractivity (Wildman–Crippen MR) is 97.3 cm³/mol. The molecule has 1 aliphatic carbocycles. The monoisotopic (exact) mass is 339 g/mol. The quantitative estimate of drug-likeness (QED) is 0.771. The van der Waals surface area contributed by atoms with Gasteiger partial charge in [0.1, 0.15) is 0 Å². The van der Waals surface area contributed by atoms with E-state index in [9.17, 15) is 4.79 Å². The van der Waals surface area contributed by atoms with Crippen LogP contribution in [0.4, 0.5) is 0 Å². The summed E-state index contributed by atoms with van der Waals surface area (Å²) in [5.74, 6) is 0.429. The van der Waals surface area contributed by atoms with Crippen molar-refractivity contribution in [2.24, 2.45) is 0 Å². The van der Waals surface area contributed by atoms with Gasteiger partial charge < -0.3 is 4.90 Å². The van der Waals surface area contributed by atoms with Gasteiger partial charge in [-0.05, 0) is 36.1 Å². The molecule has 24 heavy (non-hydrogen) atoms. The number of hydrogen-bond acceptors (Lipinski definition) is 1. The summed E-state index contributed by atoms with van der Waals surface area (Å²) in [6.45, 7) is 0.824. The van der Waals surface area contributed by atoms with E-state index >= 15 is 0 Å². The van der Waals surface area contributed by atoms with Gasteiger partial charge in [0.2, 0.25) is 5.91 Å². The van der Waals surface area contributed by atoms with E-state index < -0.39 is 0 Å². The molecule has 0 radical (unpaired) electrons. The normalized spacial score (nSPS) is 24.7. The van der Waals surface area contributed by atoms with Crippen LogP contribution in [-0.4, -0.2) is 23.4 Å². The van der Waals surface area contributed by atoms with Gasteiger partial charge in [-0.15, -0.1) is 0 Å². The Morgan fingerprint density at radius 1 is 0.875 bits per heavy atom. The minimum atomic E-state index is -0.0759. The van der Waals surface area contributed by atoms with Gasteiger partial charge in [0.15, 0.2) is 0 Å². The summed E-state index contributed by atoms with van der Waals surface area (Å²) in [6, 6.07) is 18.7. The molecular weight excluding hydrogens is 318 g/mol. The van der Waals surface area contributed by atoms with E-state index in [1.165, 1.54) is 18.4 Å². The van der Waals surface area contributed by atoms with E-state index in [1.807, 2.05) is 30.3 Å². The highest BCUT2D eigenvalue weighted by atomic mass is 35.5. The highest BCUT2D eigenvalue weighted by molar-refractivity contribution is 6.30. The summed E-state index contributed by atoms with van der Waals surface area (Å²) in [4.78, 5) is 15.4. The summed E-state index contributed by atoms with van der Waals surface area (Å²) in [6.07, 6.45) is 4.80. The molecule has 2 aromatic rings. The number of carbonyl (C=O) groups excluding carboxylic acids is 1. The molecule has 2 unspecified atom stereocenters. The van der Waals surface area contributed by atoms with E-state index in [2.05, 4.69) is 29.2 Å². The Kier molecular flexibility index (Phi) is 4.32. The van der Waals surface area contributed by atoms with Crippen molar-refractivity contribution in [3.05, 3.63) is 70.7 Å². The van der Waals surface area contributed by atoms with Gasteiger partial charge in [0.05, 0.1) is 5.92 Å². The third kappa shape index (κ3) is 2.84. The fourth-order valence-electron chi connectivity index (χ4n) is 4.35. The number of likely N-dealkylation sites (tertiary alicyclic amines) is 1. The maximum atomic E-state index is 13.2. The zero-order valence-electron chi connectivity index (χ0n) is 13.7. The van der Waals surface area contributed by atoms with Crippen molar-refractivity contribution in [3.8, 4) is 0 Å². The molecule has 0 spiro atoms. The van der Waals surface area contributed by atoms with Crippen molar-refractivity contribution in [1.82, 2.24) is 4.90 Å². The number of carbonyl (C=O) groups is 1. The van der Waals surface area contributed by atoms with Crippen LogP contribution in [0, 0.1) is 0 Å². The molecule has 2 atom stereocenters. The van der Waals surface area contributed by atoms with Crippen LogP contribution < -0.4 is 0 Å². The third-order valence-corrected chi connectivity index (χ3v) is 5.82. The Morgan fingerprint density at radius 2 is 1.54 bits per heavy atom. The van der Waals surface area contributed by atoms with Crippen molar-refractivity contribution in [2.45, 2.75) is 43.6 Å². The molecule has 0 N–H and O–H groups in total. The van der Waals surface area contributed by atoms with E-state index in [-0.39, 0.29) is 11.8 Å². The predicted octanol–water partition coefficient (Wildman–Crippen LogP) is 4.99. The fraction of sp³-hybridized carbons (Fsp3) is 0.381. The topological polar surface area (TPSA) is 20.3 Å². The van der Waals surface area contributed by atoms with Crippen LogP contribution in [0.5, 0.6) is 0 Å². The molecular formula is C21H22ClNO. The summed E-state index contributed by atoms with van der Waals surface area (Å²) in [5, 5.41) is 0.743. The molecule has 3 heteroatoms. The third-order valence-electron chi connectivity index (χ3n) is 5.57. The van der Waals surface area contributed by atoms with E-state index in [1.54, 1.807) is 0 Å². The molecule has 2 fully saturated rings. The minimum absolute atomic E-state index is 0.0759. The summed E-state index contributed by atoms with van der Waals surface area (Å²) >= 11 is 6.06. The molecule has 124 valence electrons. The van der Waals surface area contributed by atoms with Crippen molar-refractivity contribution in [2.75, 3.05) is 6.54 Å². The van der Waals surface area contributed by atoms with Crippen LogP contribution >= 0.6 is 11.6 Å². The highest BCUT2D eigenvalue weighted by Gasteiger charge is 2.44. The SMILES string of the molecule is O=C1C(c2ccccc2)C(c2ccc(Cl)cc2)CN1C1CCCC1. The number of amides is 1. The average Bonchev–Trinajstić information content (AvgIpc) is 3.24. The molecule has 1 amide bonds. The zero-order chi connectivity index (χ0) is 16.5. The summed E-state index contributed by atoms with van der Waals surface area (Å²) < 4.78 is 0. The molecule has 2 nitrogen and oxygen atoms in total. The van der Waals surface area contributed by atoms with Gasteiger partial charge >= 0.3 is 0 Å². The van der Waals surface area contributed by atoms with Gasteiger partial charge in [-0.2, -0.15) is 0 Å². The smallest absolute Gasteiger partial charge is 0.231 e. The number of halogens is 1. The van der Waals surface area contributed by atoms with Crippen molar-refractivity contribution in [1.29, 1.82) is 0 Å². The standard InChI is InChI=1S/C21H22ClNO/c22-17-12-10-15(11-13-17)19-14-23(18-8-4-5-9-18)21(24)20(19)16-6-2-1-3-7-16/h1-3,6-7,10-13,18-20H,4-5,8-9,14H2. The molecule has 0 bridgehead atoms. The summed E-state index contributed by atoms with van der Waals surface area (Å²) in [5.41, 5.74) is 2.34. The Morgan fingerprint density at radius 3 is 2.21 bits per heavy atom. The Labute approximate surface area is 148 Å². The Balaban J connectivity index is 1.71. The molecule has 1 aliphatic heterocycles. The van der Waals surface area contributed by atoms with Crippen molar-refractivity contribution >= 4 is 17.5 Å². The molecule has 1 heterocycles. The van der Waals surface area contributed by atoms with Crippen LogP contribution in [0.15, 0.2) is 54.6 Å². The van der Waals surface area contributed by atoms with Crippen molar-refractivity contribution in [3.63, 3.8) is 0 Å². The minimum Gasteiger partial charge on any atom is -0.339 e. The highest BCUT2D eigenvalue weighted by Crippen LogP contribution is 2.43. The van der Waals surface area contributed by atoms with Crippen LogP contribution in [-0.2, 0) is 4.79 Å². The van der Waals surface area contributed by atoms with Gasteiger partial charge in [-0.1, -0.05) is 66.9 Å². The van der Waals surface area contributed by atoms with E-state index in [0.29, 0.717) is 11.9 Å². The first-order chi connectivity index (χ1) is 11.7. The maximum Gasteiger partial charge on any atom is 0.231 e. The molecule has 0 aromatic heterocycles. The van der Waals surface area contributed by atoms with Crippen LogP contribution in [0.1, 0.15) is 48.6 Å². The second-order valence-corrected chi connectivity index (χ2v) is 7.41. The second kappa shape index (κ2) is 6.60. The largest absolute Gasteiger partial charge is 0.339 e. The lowest BCUT2D eigenvalue weighted by Gasteiger charge is -2.24. The Bertz CT molecular complexity index is 706. The molecule has 2 aromatic carbocycles. The molecule has 4 rings (SSSR count). The van der Waals surface area contributed by atoms with Gasteiger partial charge in [-0.3, -0.25) is 4.79 Å². The number of nitrogens with zero attached hydrogens (tertiary/aromatic N) is 1. The van der Waals surface area contributed by atoms with Crippen molar-refractivity contribution < 1.29 is 4.79 Å². The molecule has 1 saturated heterocycles. The lowest BCUT2D eigenvalue weighted by atomic mass is 9.84. The fourth-order valence-corrected chi connectivity index (χ4v) is 4.47. The van der Waals surface area contributed by atoms with E-state index in [0.717, 1.165) is 30.0 Å². The first kappa shape index (κ1) is 15.7. The van der Waals surface area contributed by atoms with Crippen LogP contribution in [0.25, 0.3) is 0 Å². The number of hydrogen-bond donors (Lipinski definition) is 0. The lowest BCUT2D eigenvalue weighted by Crippen LogP contribution is -2.35. The Hall–Kier alpha value is -1.80. The van der Waals surface area contributed by atoms with Gasteiger partial charge in [0, 0.05) is 23.5 Å². The molecule has 2 aliphatic rings. The average molecular weight is 340 g/mol. The van der Waals surface area contributed by atoms with E-state index in [4.69, 9.17) is 11.6 Å². The summed E-state index contributed by atoms with van der Waals surface area (Å²) in [7, 11) is 0. The van der Waals surface area contributed by atoms with Gasteiger partial charge in [0.25, 0.3) is 0 Å². The first-order valence-electron chi connectivity index (χ1n) is 8.85. The number of rotatable bonds is 3. The number of benzene rings is 2. The van der Waals surface area contributed by atoms with Gasteiger partial charge in [-0.25, -0.2) is 0 Å². The second-order valence-electron chi connectivity index (χ2n) is 6.98. The van der Waals surface area contributed by atoms with Crippen LogP contribution in [0.3, 0.4) is 0 Å². The lowest BCUT2D eigenvalue weighted by molar-refractivity contribution is -0.130. The zero-order valence-corrected chi connectivity index (χ0v) is 14.5. The first-order valence-corrected chi connectivity index (χ1v) is 9.23. The molecule has 1 saturated carbocycles. The van der Waals surface area contributed by atoms with Crippen LogP contribution in [0.2, 0.25) is 5.02 Å².